The number of benzene rings is 2. The molecule has 0 heterocycles. The third-order valence-electron chi connectivity index (χ3n) is 5.03. The van der Waals surface area contributed by atoms with Gasteiger partial charge in [-0.25, -0.2) is 0 Å². The normalized spacial score (nSPS) is 10.2. The zero-order chi connectivity index (χ0) is 29.8. The minimum Gasteiger partial charge on any atom is -2.00 e. The van der Waals surface area contributed by atoms with Gasteiger partial charge in [0, 0.05) is 62.6 Å². The fourth-order valence-electron chi connectivity index (χ4n) is 3.13. The topological polar surface area (TPSA) is 220 Å². The van der Waals surface area contributed by atoms with Crippen LogP contribution in [-0.4, -0.2) is 53.0 Å². The van der Waals surface area contributed by atoms with Crippen molar-refractivity contribution in [3.63, 3.8) is 0 Å². The smallest absolute Gasteiger partial charge is 0.0376 e. The standard InChI is InChI=1S/2C14H20NO2.2CH3O.2O.2V/c2*1-14(2,3)12-7-4-6-11(13(12)17)10-15-8-5-9-16;2*1-2;;;;/h2*4,6-7,10,17H,5,8-9H2,1-3H3;2*1H3;;;;/q4*-1;2*-2;;/p-2. The van der Waals surface area contributed by atoms with E-state index >= 15 is 0 Å². The van der Waals surface area contributed by atoms with Gasteiger partial charge in [-0.1, -0.05) is 89.4 Å². The van der Waals surface area contributed by atoms with Crippen LogP contribution in [0.4, 0.5) is 0 Å². The van der Waals surface area contributed by atoms with Gasteiger partial charge in [-0.05, 0) is 45.9 Å². The fraction of sp³-hybridized carbons (Fsp3) is 0.533. The minimum absolute atomic E-state index is 0. The second-order valence-corrected chi connectivity index (χ2v) is 10.1. The molecule has 0 fully saturated rings. The predicted octanol–water partition coefficient (Wildman–Crippen LogP) is 0.164. The summed E-state index contributed by atoms with van der Waals surface area (Å²) < 4.78 is 0. The average molecular weight is 663 g/mol. The van der Waals surface area contributed by atoms with Crippen LogP contribution in [-0.2, 0) is 58.9 Å². The molecule has 0 atom stereocenters. The van der Waals surface area contributed by atoms with Crippen LogP contribution in [0, 0.1) is 0 Å². The number of nitrogens with zero attached hydrogens (tertiary/aromatic N) is 2. The van der Waals surface area contributed by atoms with Gasteiger partial charge in [-0.3, -0.25) is 9.98 Å². The Morgan fingerprint density at radius 3 is 1.12 bits per heavy atom. The van der Waals surface area contributed by atoms with Crippen molar-refractivity contribution in [1.82, 2.24) is 0 Å². The quantitative estimate of drug-likeness (QED) is 0.283. The molecule has 242 valence electrons. The molecule has 0 spiro atoms. The minimum atomic E-state index is -0.157. The summed E-state index contributed by atoms with van der Waals surface area (Å²) in [4.78, 5) is 8.18. The van der Waals surface area contributed by atoms with Crippen LogP contribution in [0.25, 0.3) is 0 Å². The summed E-state index contributed by atoms with van der Waals surface area (Å²) in [7, 11) is 1.50. The first-order valence-electron chi connectivity index (χ1n) is 12.5. The number of hydrogen-bond donors (Lipinski definition) is 0. The first-order valence-corrected chi connectivity index (χ1v) is 12.5. The van der Waals surface area contributed by atoms with Crippen LogP contribution >= 0.6 is 0 Å². The Hall–Kier alpha value is -1.69. The van der Waals surface area contributed by atoms with E-state index in [1.165, 1.54) is 0 Å². The molecule has 2 rings (SSSR count). The van der Waals surface area contributed by atoms with Crippen LogP contribution in [0.1, 0.15) is 76.6 Å². The van der Waals surface area contributed by atoms with Gasteiger partial charge in [0.1, 0.15) is 0 Å². The summed E-state index contributed by atoms with van der Waals surface area (Å²) in [5.74, 6) is 0.0664. The second kappa shape index (κ2) is 29.4. The predicted molar refractivity (Wildman–Crippen MR) is 146 cm³/mol. The molecule has 10 nitrogen and oxygen atoms in total. The van der Waals surface area contributed by atoms with Crippen LogP contribution in [0.3, 0.4) is 0 Å². The van der Waals surface area contributed by atoms with Crippen molar-refractivity contribution in [1.29, 1.82) is 0 Å². The molecule has 42 heavy (non-hydrogen) atoms. The van der Waals surface area contributed by atoms with Crippen molar-refractivity contribution in [2.75, 3.05) is 40.5 Å². The van der Waals surface area contributed by atoms with E-state index in [2.05, 4.69) is 9.98 Å². The van der Waals surface area contributed by atoms with Crippen LogP contribution < -0.4 is 30.6 Å². The van der Waals surface area contributed by atoms with Crippen molar-refractivity contribution >= 4 is 12.4 Å². The summed E-state index contributed by atoms with van der Waals surface area (Å²) in [6.45, 7) is 12.8. The van der Waals surface area contributed by atoms with Crippen molar-refractivity contribution in [3.8, 4) is 11.5 Å². The maximum Gasteiger partial charge on any atom is 0.0376 e. The largest absolute Gasteiger partial charge is 2.00 e. The Balaban J connectivity index is -0.000000127. The van der Waals surface area contributed by atoms with E-state index in [0.717, 1.165) is 25.3 Å². The Kier molecular flexibility index (Phi) is 37.0. The Morgan fingerprint density at radius 1 is 0.595 bits per heavy atom. The molecule has 2 aromatic carbocycles. The van der Waals surface area contributed by atoms with Crippen molar-refractivity contribution in [2.45, 2.75) is 65.2 Å². The molecular formula is C30H44N2O8V2-10. The SMILES string of the molecule is CC(C)(C)c1cccc(C=NCCC[O-])c1[O-].CC(C)(C)c1cccc(C=NCCC[O-])c1[O-].C[O-].C[O-].[O-2].[O-2].[V].[V]. The van der Waals surface area contributed by atoms with Gasteiger partial charge in [0.25, 0.3) is 0 Å². The molecule has 0 saturated carbocycles. The van der Waals surface area contributed by atoms with E-state index < -0.39 is 0 Å². The summed E-state index contributed by atoms with van der Waals surface area (Å²) in [5, 5.41) is 61.3. The molecule has 0 amide bonds. The summed E-state index contributed by atoms with van der Waals surface area (Å²) in [5.41, 5.74) is 2.48. The van der Waals surface area contributed by atoms with Crippen LogP contribution in [0.2, 0.25) is 0 Å². The molecule has 2 radical (unpaired) electrons. The molecule has 0 saturated heterocycles. The molecule has 0 aromatic heterocycles. The van der Waals surface area contributed by atoms with Gasteiger partial charge in [0.2, 0.25) is 0 Å². The van der Waals surface area contributed by atoms with E-state index in [4.69, 9.17) is 10.2 Å². The van der Waals surface area contributed by atoms with Gasteiger partial charge < -0.3 is 41.6 Å². The van der Waals surface area contributed by atoms with E-state index in [9.17, 15) is 20.4 Å². The molecule has 0 aliphatic carbocycles. The third kappa shape index (κ3) is 21.1. The molecule has 2 aromatic rings. The van der Waals surface area contributed by atoms with Gasteiger partial charge in [0.05, 0.1) is 0 Å². The van der Waals surface area contributed by atoms with Crippen molar-refractivity contribution < 1.29 is 78.7 Å². The molecule has 0 unspecified atom stereocenters. The summed E-state index contributed by atoms with van der Waals surface area (Å²) in [6.07, 6.45) is 4.19. The van der Waals surface area contributed by atoms with Crippen molar-refractivity contribution in [3.05, 3.63) is 58.7 Å². The summed E-state index contributed by atoms with van der Waals surface area (Å²) >= 11 is 0. The zero-order valence-electron chi connectivity index (χ0n) is 25.9. The molecule has 0 N–H and O–H groups in total. The maximum absolute atomic E-state index is 12.1. The van der Waals surface area contributed by atoms with Crippen LogP contribution in [0.5, 0.6) is 11.5 Å². The number of rotatable bonds is 8. The maximum atomic E-state index is 12.1. The van der Waals surface area contributed by atoms with E-state index in [-0.39, 0.29) is 83.6 Å². The monoisotopic (exact) mass is 662 g/mol. The first-order chi connectivity index (χ1) is 17.9. The number of aliphatic imine (C=N–C) groups is 2. The Morgan fingerprint density at radius 2 is 0.881 bits per heavy atom. The third-order valence-corrected chi connectivity index (χ3v) is 5.03. The average Bonchev–Trinajstić information content (AvgIpc) is 2.87. The Bertz CT molecular complexity index is 884. The zero-order valence-corrected chi connectivity index (χ0v) is 28.7. The van der Waals surface area contributed by atoms with E-state index in [1.54, 1.807) is 24.6 Å². The molecule has 0 aliphatic rings. The molecule has 0 aliphatic heterocycles. The molecule has 12 heteroatoms. The van der Waals surface area contributed by atoms with Gasteiger partial charge >= 0.3 is 0 Å². The van der Waals surface area contributed by atoms with Crippen molar-refractivity contribution in [2.24, 2.45) is 9.98 Å². The number of para-hydroxylation sites is 2. The molecule has 0 bridgehead atoms. The molecular weight excluding hydrogens is 618 g/mol. The summed E-state index contributed by atoms with van der Waals surface area (Å²) in [6, 6.07) is 11.0. The number of hydrogen-bond acceptors (Lipinski definition) is 8. The Labute approximate surface area is 276 Å². The first kappa shape index (κ1) is 52.9. The van der Waals surface area contributed by atoms with Crippen LogP contribution in [0.15, 0.2) is 46.4 Å². The second-order valence-electron chi connectivity index (χ2n) is 10.1. The van der Waals surface area contributed by atoms with Gasteiger partial charge in [-0.15, -0.1) is 13.2 Å². The van der Waals surface area contributed by atoms with E-state index in [0.29, 0.717) is 37.1 Å². The van der Waals surface area contributed by atoms with Gasteiger partial charge in [-0.2, -0.15) is 14.2 Å². The fourth-order valence-corrected chi connectivity index (χ4v) is 3.13. The van der Waals surface area contributed by atoms with E-state index in [1.807, 2.05) is 65.8 Å². The van der Waals surface area contributed by atoms with Gasteiger partial charge in [0.15, 0.2) is 0 Å².